The van der Waals surface area contributed by atoms with Gasteiger partial charge >= 0.3 is 0 Å². The lowest BCUT2D eigenvalue weighted by atomic mass is 9.88. The van der Waals surface area contributed by atoms with Crippen LogP contribution in [-0.4, -0.2) is 7.11 Å². The number of hydrogen-bond donors (Lipinski definition) is 1. The van der Waals surface area contributed by atoms with Gasteiger partial charge in [0.25, 0.3) is 0 Å². The Morgan fingerprint density at radius 3 is 3.00 bits per heavy atom. The van der Waals surface area contributed by atoms with Crippen LogP contribution in [0.25, 0.3) is 0 Å². The summed E-state index contributed by atoms with van der Waals surface area (Å²) in [4.78, 5) is 0. The maximum Gasteiger partial charge on any atom is 0.137 e. The predicted octanol–water partition coefficient (Wildman–Crippen LogP) is 2.68. The third-order valence-electron chi connectivity index (χ3n) is 2.79. The highest BCUT2D eigenvalue weighted by molar-refractivity contribution is 6.33. The summed E-state index contributed by atoms with van der Waals surface area (Å²) in [6.07, 6.45) is 3.24. The molecule has 0 saturated carbocycles. The van der Waals surface area contributed by atoms with Crippen molar-refractivity contribution in [1.29, 1.82) is 0 Å². The molecule has 0 heterocycles. The molecule has 0 radical (unpaired) electrons. The minimum atomic E-state index is 0.0707. The van der Waals surface area contributed by atoms with Crippen LogP contribution in [-0.2, 0) is 6.42 Å². The second-order valence-corrected chi connectivity index (χ2v) is 4.03. The Balaban J connectivity index is 2.54. The molecule has 1 aromatic carbocycles. The van der Waals surface area contributed by atoms with Gasteiger partial charge in [-0.25, -0.2) is 0 Å². The number of nitrogens with two attached hydrogens (primary N) is 1. The molecule has 1 atom stereocenters. The van der Waals surface area contributed by atoms with Crippen molar-refractivity contribution in [3.05, 3.63) is 28.3 Å². The second-order valence-electron chi connectivity index (χ2n) is 3.65. The molecule has 0 amide bonds. The quantitative estimate of drug-likeness (QED) is 0.775. The van der Waals surface area contributed by atoms with Crippen LogP contribution in [0, 0.1) is 0 Å². The zero-order valence-electron chi connectivity index (χ0n) is 8.22. The van der Waals surface area contributed by atoms with E-state index in [0.29, 0.717) is 5.02 Å². The number of methoxy groups -OCH3 is 1. The van der Waals surface area contributed by atoms with Crippen LogP contribution in [0.1, 0.15) is 30.0 Å². The van der Waals surface area contributed by atoms with Crippen LogP contribution in [0.5, 0.6) is 5.75 Å². The molecule has 0 saturated heterocycles. The monoisotopic (exact) mass is 211 g/mol. The fourth-order valence-electron chi connectivity index (χ4n) is 2.05. The van der Waals surface area contributed by atoms with Crippen molar-refractivity contribution in [3.8, 4) is 5.75 Å². The minimum Gasteiger partial charge on any atom is -0.495 e. The van der Waals surface area contributed by atoms with Gasteiger partial charge in [0.05, 0.1) is 12.1 Å². The molecular formula is C11H14ClNO. The Bertz CT molecular complexity index is 351. The average Bonchev–Trinajstić information content (AvgIpc) is 2.18. The Morgan fingerprint density at radius 1 is 1.50 bits per heavy atom. The van der Waals surface area contributed by atoms with E-state index in [-0.39, 0.29) is 6.04 Å². The zero-order chi connectivity index (χ0) is 10.1. The molecule has 1 unspecified atom stereocenters. The fraction of sp³-hybridized carbons (Fsp3) is 0.455. The molecule has 0 aliphatic heterocycles. The van der Waals surface area contributed by atoms with Crippen molar-refractivity contribution in [2.75, 3.05) is 7.11 Å². The second kappa shape index (κ2) is 3.79. The van der Waals surface area contributed by atoms with Gasteiger partial charge in [-0.2, -0.15) is 0 Å². The van der Waals surface area contributed by atoms with Gasteiger partial charge in [-0.3, -0.25) is 0 Å². The number of ether oxygens (including phenoxy) is 1. The average molecular weight is 212 g/mol. The standard InChI is InChI=1S/C11H14ClNO/c1-14-9-6-5-7-3-2-4-8(13)10(7)11(9)12/h5-6,8H,2-4,13H2,1H3. The van der Waals surface area contributed by atoms with Gasteiger partial charge in [-0.1, -0.05) is 17.7 Å². The molecule has 76 valence electrons. The summed E-state index contributed by atoms with van der Waals surface area (Å²) in [5.41, 5.74) is 8.38. The SMILES string of the molecule is COc1ccc2c(c1Cl)C(N)CCC2. The van der Waals surface area contributed by atoms with E-state index in [4.69, 9.17) is 22.1 Å². The molecule has 1 aliphatic rings. The van der Waals surface area contributed by atoms with E-state index in [1.807, 2.05) is 6.07 Å². The first kappa shape index (κ1) is 9.81. The lowest BCUT2D eigenvalue weighted by molar-refractivity contribution is 0.412. The van der Waals surface area contributed by atoms with Gasteiger partial charge in [-0.15, -0.1) is 0 Å². The lowest BCUT2D eigenvalue weighted by Crippen LogP contribution is -2.18. The van der Waals surface area contributed by atoms with E-state index in [2.05, 4.69) is 6.07 Å². The molecule has 2 N–H and O–H groups in total. The predicted molar refractivity (Wildman–Crippen MR) is 57.9 cm³/mol. The molecule has 0 aromatic heterocycles. The van der Waals surface area contributed by atoms with Crippen molar-refractivity contribution < 1.29 is 4.74 Å². The van der Waals surface area contributed by atoms with Crippen LogP contribution < -0.4 is 10.5 Å². The topological polar surface area (TPSA) is 35.2 Å². The van der Waals surface area contributed by atoms with E-state index in [1.54, 1.807) is 7.11 Å². The number of hydrogen-bond acceptors (Lipinski definition) is 2. The molecular weight excluding hydrogens is 198 g/mol. The molecule has 0 spiro atoms. The first-order chi connectivity index (χ1) is 6.74. The number of rotatable bonds is 1. The van der Waals surface area contributed by atoms with Crippen LogP contribution >= 0.6 is 11.6 Å². The van der Waals surface area contributed by atoms with Gasteiger partial charge in [-0.05, 0) is 36.5 Å². The summed E-state index contributed by atoms with van der Waals surface area (Å²) >= 11 is 6.22. The van der Waals surface area contributed by atoms with Gasteiger partial charge in [0.2, 0.25) is 0 Å². The Morgan fingerprint density at radius 2 is 2.29 bits per heavy atom. The maximum atomic E-state index is 6.22. The molecule has 2 rings (SSSR count). The fourth-order valence-corrected chi connectivity index (χ4v) is 2.45. The third kappa shape index (κ3) is 1.49. The maximum absolute atomic E-state index is 6.22. The first-order valence-corrected chi connectivity index (χ1v) is 5.22. The Kier molecular flexibility index (Phi) is 2.66. The van der Waals surface area contributed by atoms with E-state index in [9.17, 15) is 0 Å². The molecule has 3 heteroatoms. The molecule has 14 heavy (non-hydrogen) atoms. The van der Waals surface area contributed by atoms with E-state index < -0.39 is 0 Å². The normalized spacial score (nSPS) is 20.4. The number of aryl methyl sites for hydroxylation is 1. The summed E-state index contributed by atoms with van der Waals surface area (Å²) in [5, 5.41) is 0.692. The summed E-state index contributed by atoms with van der Waals surface area (Å²) in [6.45, 7) is 0. The molecule has 0 fully saturated rings. The van der Waals surface area contributed by atoms with Crippen molar-refractivity contribution >= 4 is 11.6 Å². The van der Waals surface area contributed by atoms with Gasteiger partial charge in [0.15, 0.2) is 0 Å². The highest BCUT2D eigenvalue weighted by atomic mass is 35.5. The molecule has 1 aliphatic carbocycles. The van der Waals surface area contributed by atoms with Crippen LogP contribution in [0.2, 0.25) is 5.02 Å². The van der Waals surface area contributed by atoms with Crippen molar-refractivity contribution in [1.82, 2.24) is 0 Å². The van der Waals surface area contributed by atoms with E-state index in [1.165, 1.54) is 5.56 Å². The highest BCUT2D eigenvalue weighted by Gasteiger charge is 2.21. The smallest absolute Gasteiger partial charge is 0.137 e. The van der Waals surface area contributed by atoms with Crippen LogP contribution in [0.4, 0.5) is 0 Å². The summed E-state index contributed by atoms with van der Waals surface area (Å²) in [7, 11) is 1.63. The van der Waals surface area contributed by atoms with Crippen molar-refractivity contribution in [2.24, 2.45) is 5.73 Å². The number of halogens is 1. The van der Waals surface area contributed by atoms with Gasteiger partial charge < -0.3 is 10.5 Å². The summed E-state index contributed by atoms with van der Waals surface area (Å²) < 4.78 is 5.17. The minimum absolute atomic E-state index is 0.0707. The first-order valence-electron chi connectivity index (χ1n) is 4.85. The van der Waals surface area contributed by atoms with Crippen molar-refractivity contribution in [2.45, 2.75) is 25.3 Å². The highest BCUT2D eigenvalue weighted by Crippen LogP contribution is 2.38. The number of benzene rings is 1. The Labute approximate surface area is 89.0 Å². The number of fused-ring (bicyclic) bond motifs is 1. The van der Waals surface area contributed by atoms with Gasteiger partial charge in [0.1, 0.15) is 5.75 Å². The van der Waals surface area contributed by atoms with E-state index in [0.717, 1.165) is 30.6 Å². The largest absolute Gasteiger partial charge is 0.495 e. The summed E-state index contributed by atoms with van der Waals surface area (Å²) in [6, 6.07) is 4.06. The Hall–Kier alpha value is -0.730. The summed E-state index contributed by atoms with van der Waals surface area (Å²) in [5.74, 6) is 0.725. The molecule has 0 bridgehead atoms. The van der Waals surface area contributed by atoms with Crippen LogP contribution in [0.3, 0.4) is 0 Å². The van der Waals surface area contributed by atoms with Crippen molar-refractivity contribution in [3.63, 3.8) is 0 Å². The van der Waals surface area contributed by atoms with E-state index >= 15 is 0 Å². The van der Waals surface area contributed by atoms with Gasteiger partial charge in [0, 0.05) is 6.04 Å². The van der Waals surface area contributed by atoms with Crippen LogP contribution in [0.15, 0.2) is 12.1 Å². The third-order valence-corrected chi connectivity index (χ3v) is 3.18. The lowest BCUT2D eigenvalue weighted by Gasteiger charge is -2.24. The molecule has 1 aromatic rings. The zero-order valence-corrected chi connectivity index (χ0v) is 8.97. The molecule has 2 nitrogen and oxygen atoms in total.